The van der Waals surface area contributed by atoms with Crippen molar-refractivity contribution in [3.63, 3.8) is 0 Å². The zero-order chi connectivity index (χ0) is 20.2. The summed E-state index contributed by atoms with van der Waals surface area (Å²) in [7, 11) is 1.83. The molecule has 3 aromatic rings. The average molecular weight is 393 g/mol. The van der Waals surface area contributed by atoms with Gasteiger partial charge >= 0.3 is 0 Å². The minimum Gasteiger partial charge on any atom is -0.482 e. The number of likely N-dealkylation sites (N-methyl/N-ethyl adjacent to an activating group) is 1. The molecule has 0 fully saturated rings. The van der Waals surface area contributed by atoms with Crippen molar-refractivity contribution in [2.75, 3.05) is 18.6 Å². The van der Waals surface area contributed by atoms with Gasteiger partial charge in [0.25, 0.3) is 5.91 Å². The van der Waals surface area contributed by atoms with Crippen molar-refractivity contribution in [1.29, 1.82) is 0 Å². The Labute approximate surface area is 175 Å². The van der Waals surface area contributed by atoms with E-state index in [1.54, 1.807) is 4.90 Å². The largest absolute Gasteiger partial charge is 0.482 e. The summed E-state index contributed by atoms with van der Waals surface area (Å²) in [6.07, 6.45) is 6.85. The van der Waals surface area contributed by atoms with Crippen molar-refractivity contribution in [2.24, 2.45) is 0 Å². The summed E-state index contributed by atoms with van der Waals surface area (Å²) in [5, 5.41) is 5.37. The van der Waals surface area contributed by atoms with Crippen molar-refractivity contribution in [3.8, 4) is 5.75 Å². The van der Waals surface area contributed by atoms with Crippen molar-refractivity contribution in [1.82, 2.24) is 0 Å². The monoisotopic (exact) mass is 393 g/mol. The van der Waals surface area contributed by atoms with Crippen LogP contribution >= 0.6 is 0 Å². The van der Waals surface area contributed by atoms with E-state index in [4.69, 9.17) is 4.74 Å². The molecule has 3 heteroatoms. The fraction of sp³-hybridized carbons (Fsp3) is 0.222. The van der Waals surface area contributed by atoms with E-state index in [0.717, 1.165) is 29.8 Å². The first-order chi connectivity index (χ1) is 14.7. The summed E-state index contributed by atoms with van der Waals surface area (Å²) in [5.74, 6) is 0.765. The highest BCUT2D eigenvalue weighted by Gasteiger charge is 2.24. The highest BCUT2D eigenvalue weighted by atomic mass is 16.5. The lowest BCUT2D eigenvalue weighted by Crippen LogP contribution is -2.35. The number of anilines is 1. The third-order valence-corrected chi connectivity index (χ3v) is 6.75. The lowest BCUT2D eigenvalue weighted by molar-refractivity contribution is -0.120. The van der Waals surface area contributed by atoms with E-state index in [1.807, 2.05) is 13.1 Å². The molecule has 0 saturated heterocycles. The van der Waals surface area contributed by atoms with Crippen LogP contribution in [0.3, 0.4) is 0 Å². The number of amides is 1. The van der Waals surface area contributed by atoms with Crippen molar-refractivity contribution in [2.45, 2.75) is 25.7 Å². The van der Waals surface area contributed by atoms with Crippen LogP contribution in [0.2, 0.25) is 0 Å². The topological polar surface area (TPSA) is 29.5 Å². The second kappa shape index (κ2) is 6.60. The van der Waals surface area contributed by atoms with Gasteiger partial charge in [-0.3, -0.25) is 4.79 Å². The number of ether oxygens (including phenoxy) is 1. The SMILES string of the molecule is CN1C(=O)COc2ccc(C3=c4ccccc4=c4ccc5c(c4C3)CCCC=5)cc21. The Kier molecular flexibility index (Phi) is 3.85. The fourth-order valence-corrected chi connectivity index (χ4v) is 5.16. The Balaban J connectivity index is 1.65. The quantitative estimate of drug-likeness (QED) is 0.636. The highest BCUT2D eigenvalue weighted by Crippen LogP contribution is 2.35. The van der Waals surface area contributed by atoms with Crippen molar-refractivity contribution in [3.05, 3.63) is 92.2 Å². The molecule has 0 aromatic heterocycles. The summed E-state index contributed by atoms with van der Waals surface area (Å²) < 4.78 is 5.64. The van der Waals surface area contributed by atoms with Gasteiger partial charge in [-0.05, 0) is 81.0 Å². The smallest absolute Gasteiger partial charge is 0.264 e. The number of benzene rings is 3. The molecule has 0 unspecified atom stereocenters. The van der Waals surface area contributed by atoms with Gasteiger partial charge < -0.3 is 9.64 Å². The van der Waals surface area contributed by atoms with Crippen LogP contribution in [0, 0.1) is 10.4 Å². The van der Waals surface area contributed by atoms with Gasteiger partial charge in [0.05, 0.1) is 5.69 Å². The van der Waals surface area contributed by atoms with Crippen LogP contribution in [-0.2, 0) is 17.6 Å². The molecule has 3 nitrogen and oxygen atoms in total. The molecule has 0 atom stereocenters. The summed E-state index contributed by atoms with van der Waals surface area (Å²) in [4.78, 5) is 13.9. The first-order valence-corrected chi connectivity index (χ1v) is 10.7. The van der Waals surface area contributed by atoms with Crippen LogP contribution in [0.15, 0.2) is 54.6 Å². The van der Waals surface area contributed by atoms with E-state index < -0.39 is 0 Å². The first-order valence-electron chi connectivity index (χ1n) is 10.7. The predicted molar refractivity (Wildman–Crippen MR) is 119 cm³/mol. The van der Waals surface area contributed by atoms with Gasteiger partial charge in [-0.15, -0.1) is 0 Å². The normalized spacial score (nSPS) is 16.6. The Bertz CT molecular complexity index is 1430. The standard InChI is InChI=1S/C27H23NO2/c1-28-25-14-18(11-13-26(25)30-16-27(28)29)23-15-24-19-7-3-2-6-17(19)10-12-22(24)20-8-4-5-9-21(20)23/h4-6,8-14H,2-3,7,15-16H2,1H3. The molecule has 0 N–H and O–H groups in total. The molecule has 3 aromatic carbocycles. The van der Waals surface area contributed by atoms with Crippen molar-refractivity contribution >= 4 is 23.2 Å². The minimum absolute atomic E-state index is 0.0105. The molecular weight excluding hydrogens is 370 g/mol. The second-order valence-electron chi connectivity index (χ2n) is 8.38. The number of fused-ring (bicyclic) bond motifs is 5. The van der Waals surface area contributed by atoms with Crippen LogP contribution in [0.4, 0.5) is 5.69 Å². The van der Waals surface area contributed by atoms with Gasteiger partial charge in [0.2, 0.25) is 0 Å². The third kappa shape index (κ3) is 2.55. The predicted octanol–water partition coefficient (Wildman–Crippen LogP) is 3.20. The van der Waals surface area contributed by atoms with E-state index in [9.17, 15) is 4.79 Å². The van der Waals surface area contributed by atoms with E-state index in [0.29, 0.717) is 0 Å². The van der Waals surface area contributed by atoms with Gasteiger partial charge in [0.15, 0.2) is 6.61 Å². The molecule has 2 aliphatic carbocycles. The number of nitrogens with zero attached hydrogens (tertiary/aromatic N) is 1. The molecule has 0 saturated carbocycles. The third-order valence-electron chi connectivity index (χ3n) is 6.75. The zero-order valence-electron chi connectivity index (χ0n) is 17.1. The first kappa shape index (κ1) is 17.5. The zero-order valence-corrected chi connectivity index (χ0v) is 17.1. The number of rotatable bonds is 1. The summed E-state index contributed by atoms with van der Waals surface area (Å²) in [6.45, 7) is 0.109. The van der Waals surface area contributed by atoms with E-state index in [1.165, 1.54) is 50.4 Å². The van der Waals surface area contributed by atoms with E-state index in [2.05, 4.69) is 54.6 Å². The molecule has 30 heavy (non-hydrogen) atoms. The molecule has 6 rings (SSSR count). The number of carbonyl (C=O) groups is 1. The van der Waals surface area contributed by atoms with Crippen LogP contribution in [0.1, 0.15) is 29.5 Å². The summed E-state index contributed by atoms with van der Waals surface area (Å²) >= 11 is 0. The molecule has 0 spiro atoms. The number of carbonyl (C=O) groups excluding carboxylic acids is 1. The Hall–Kier alpha value is -3.33. The van der Waals surface area contributed by atoms with Crippen LogP contribution in [-0.4, -0.2) is 19.6 Å². The van der Waals surface area contributed by atoms with Gasteiger partial charge in [-0.1, -0.05) is 48.5 Å². The molecule has 1 aliphatic heterocycles. The van der Waals surface area contributed by atoms with Gasteiger partial charge in [-0.2, -0.15) is 0 Å². The lowest BCUT2D eigenvalue weighted by atomic mass is 9.84. The molecule has 0 bridgehead atoms. The molecular formula is C27H23NO2. The van der Waals surface area contributed by atoms with E-state index in [-0.39, 0.29) is 12.5 Å². The minimum atomic E-state index is -0.0105. The van der Waals surface area contributed by atoms with E-state index >= 15 is 0 Å². The molecule has 1 heterocycles. The Morgan fingerprint density at radius 3 is 2.70 bits per heavy atom. The van der Waals surface area contributed by atoms with Crippen LogP contribution in [0.25, 0.3) is 11.6 Å². The Morgan fingerprint density at radius 1 is 0.933 bits per heavy atom. The fourth-order valence-electron chi connectivity index (χ4n) is 5.16. The van der Waals surface area contributed by atoms with Gasteiger partial charge in [-0.25, -0.2) is 0 Å². The van der Waals surface area contributed by atoms with Crippen LogP contribution in [0.5, 0.6) is 5.75 Å². The number of hydrogen-bond donors (Lipinski definition) is 0. The average Bonchev–Trinajstić information content (AvgIpc) is 2.80. The number of hydrogen-bond acceptors (Lipinski definition) is 2. The maximum Gasteiger partial charge on any atom is 0.264 e. The molecule has 3 aliphatic rings. The summed E-state index contributed by atoms with van der Waals surface area (Å²) in [6, 6.07) is 19.6. The Morgan fingerprint density at radius 2 is 1.80 bits per heavy atom. The van der Waals surface area contributed by atoms with Gasteiger partial charge in [0, 0.05) is 7.05 Å². The van der Waals surface area contributed by atoms with Gasteiger partial charge in [0.1, 0.15) is 5.75 Å². The molecule has 0 radical (unpaired) electrons. The maximum atomic E-state index is 12.2. The lowest BCUT2D eigenvalue weighted by Gasteiger charge is -2.27. The highest BCUT2D eigenvalue weighted by molar-refractivity contribution is 5.98. The molecule has 1 amide bonds. The molecule has 148 valence electrons. The van der Waals surface area contributed by atoms with Crippen molar-refractivity contribution < 1.29 is 9.53 Å². The second-order valence-corrected chi connectivity index (χ2v) is 8.38. The summed E-state index contributed by atoms with van der Waals surface area (Å²) in [5.41, 5.74) is 6.32. The van der Waals surface area contributed by atoms with Crippen LogP contribution < -0.4 is 20.1 Å². The maximum absolute atomic E-state index is 12.2.